The van der Waals surface area contributed by atoms with Crippen LogP contribution in [0.15, 0.2) is 182 Å². The third kappa shape index (κ3) is 5.77. The average Bonchev–Trinajstić information content (AvgIpc) is 3.84. The molecule has 8 aromatic rings. The molecule has 0 saturated heterocycles. The van der Waals surface area contributed by atoms with Crippen LogP contribution in [0.5, 0.6) is 0 Å². The molecule has 0 unspecified atom stereocenters. The number of benzene rings is 6. The van der Waals surface area contributed by atoms with Crippen LogP contribution in [0.25, 0.3) is 64.4 Å². The fraction of sp³-hybridized carbons (Fsp3) is 0.132. The van der Waals surface area contributed by atoms with E-state index >= 15 is 0 Å². The second-order valence-corrected chi connectivity index (χ2v) is 16.2. The zero-order valence-corrected chi connectivity index (χ0v) is 33.5. The van der Waals surface area contributed by atoms with E-state index in [9.17, 15) is 0 Å². The molecule has 0 N–H and O–H groups in total. The SMILES string of the molecule is C=C1/C=C(c2ccc3c(c2)c2cc4c(cc2n3-c2cccc3c2sc2ccccc23)C(C)(C)c2ccccc2-4)\C=C/N(c2ccccc2)/C=C\CCC1=C.CC. The largest absolute Gasteiger partial charge is 0.324 e. The zero-order chi connectivity index (χ0) is 38.6. The molecule has 0 radical (unpaired) electrons. The molecule has 2 nitrogen and oxygen atoms in total. The molecule has 2 aliphatic rings. The van der Waals surface area contributed by atoms with Gasteiger partial charge in [0.1, 0.15) is 0 Å². The Kier molecular flexibility index (Phi) is 8.99. The highest BCUT2D eigenvalue weighted by atomic mass is 32.1. The first-order chi connectivity index (χ1) is 27.4. The summed E-state index contributed by atoms with van der Waals surface area (Å²) in [4.78, 5) is 2.20. The molecule has 3 heterocycles. The van der Waals surface area contributed by atoms with E-state index in [1.807, 2.05) is 25.2 Å². The van der Waals surface area contributed by atoms with Gasteiger partial charge in [0.2, 0.25) is 0 Å². The van der Waals surface area contributed by atoms with Gasteiger partial charge in [-0.2, -0.15) is 0 Å². The Labute approximate surface area is 334 Å². The Morgan fingerprint density at radius 1 is 0.643 bits per heavy atom. The molecular formula is C53H46N2S. The summed E-state index contributed by atoms with van der Waals surface area (Å²) in [6, 6.07) is 47.0. The Bertz CT molecular complexity index is 2940. The van der Waals surface area contributed by atoms with Gasteiger partial charge in [-0.25, -0.2) is 0 Å². The number of allylic oxidation sites excluding steroid dienone is 6. The summed E-state index contributed by atoms with van der Waals surface area (Å²) in [5.74, 6) is 0. The van der Waals surface area contributed by atoms with Crippen LogP contribution in [0.2, 0.25) is 0 Å². The molecule has 3 heteroatoms. The van der Waals surface area contributed by atoms with Gasteiger partial charge in [0.05, 0.1) is 21.4 Å². The van der Waals surface area contributed by atoms with Crippen LogP contribution >= 0.6 is 11.3 Å². The smallest absolute Gasteiger partial charge is 0.0640 e. The van der Waals surface area contributed by atoms with E-state index in [1.165, 1.54) is 69.9 Å². The number of fused-ring (bicyclic) bond motifs is 9. The summed E-state index contributed by atoms with van der Waals surface area (Å²) in [6.45, 7) is 17.6. The van der Waals surface area contributed by atoms with Crippen molar-refractivity contribution < 1.29 is 0 Å². The van der Waals surface area contributed by atoms with Crippen molar-refractivity contribution in [1.29, 1.82) is 0 Å². The number of rotatable bonds is 3. The Balaban J connectivity index is 0.00000202. The van der Waals surface area contributed by atoms with Gasteiger partial charge in [-0.15, -0.1) is 11.3 Å². The molecule has 0 spiro atoms. The molecule has 0 amide bonds. The molecule has 6 aromatic carbocycles. The van der Waals surface area contributed by atoms with Crippen LogP contribution in [0.4, 0.5) is 5.69 Å². The fourth-order valence-corrected chi connectivity index (χ4v) is 9.87. The van der Waals surface area contributed by atoms with Gasteiger partial charge in [-0.3, -0.25) is 0 Å². The third-order valence-corrected chi connectivity index (χ3v) is 12.8. The first kappa shape index (κ1) is 35.5. The normalized spacial score (nSPS) is 17.2. The Hall–Kier alpha value is -6.16. The molecule has 0 saturated carbocycles. The minimum absolute atomic E-state index is 0.109. The molecule has 2 aromatic heterocycles. The van der Waals surface area contributed by atoms with E-state index < -0.39 is 0 Å². The van der Waals surface area contributed by atoms with Crippen molar-refractivity contribution in [3.63, 3.8) is 0 Å². The molecule has 1 aliphatic heterocycles. The van der Waals surface area contributed by atoms with Gasteiger partial charge >= 0.3 is 0 Å². The summed E-state index contributed by atoms with van der Waals surface area (Å²) < 4.78 is 5.14. The standard InChI is InChI=1S/C51H40N2S.C2H6/c1-33-15-12-13-27-52(37-16-6-5-7-17-37)28-26-36(29-34(33)2)35-24-25-46-42(30-35)43-31-41-38-18-8-10-21-44(38)51(3,4)45(41)32-48(43)53(46)47-22-14-20-40-39-19-9-11-23-49(39)54-50(40)47;1-2/h5-11,13-14,16-32H,1-2,12,15H2,3-4H3;1-2H3/b27-13-,28-26-,36-29+;. The van der Waals surface area contributed by atoms with Crippen molar-refractivity contribution in [2.45, 2.75) is 46.0 Å². The molecule has 274 valence electrons. The second kappa shape index (κ2) is 14.2. The van der Waals surface area contributed by atoms with E-state index in [4.69, 9.17) is 0 Å². The summed E-state index contributed by atoms with van der Waals surface area (Å²) in [5.41, 5.74) is 14.4. The number of thiophene rings is 1. The first-order valence-corrected chi connectivity index (χ1v) is 20.6. The minimum atomic E-state index is -0.109. The first-order valence-electron chi connectivity index (χ1n) is 19.8. The van der Waals surface area contributed by atoms with Crippen molar-refractivity contribution in [3.8, 4) is 16.8 Å². The topological polar surface area (TPSA) is 8.17 Å². The van der Waals surface area contributed by atoms with Crippen molar-refractivity contribution in [1.82, 2.24) is 4.57 Å². The van der Waals surface area contributed by atoms with Crippen molar-refractivity contribution in [2.24, 2.45) is 0 Å². The summed E-state index contributed by atoms with van der Waals surface area (Å²) in [6.07, 6.45) is 12.7. The average molecular weight is 743 g/mol. The molecule has 56 heavy (non-hydrogen) atoms. The van der Waals surface area contributed by atoms with Crippen molar-refractivity contribution >= 4 is 64.6 Å². The number of hydrogen-bond acceptors (Lipinski definition) is 2. The molecule has 10 rings (SSSR count). The monoisotopic (exact) mass is 742 g/mol. The lowest BCUT2D eigenvalue weighted by atomic mass is 9.82. The quantitative estimate of drug-likeness (QED) is 0.175. The maximum Gasteiger partial charge on any atom is 0.0640 e. The predicted octanol–water partition coefficient (Wildman–Crippen LogP) is 15.3. The van der Waals surface area contributed by atoms with E-state index in [0.717, 1.165) is 40.8 Å². The zero-order valence-electron chi connectivity index (χ0n) is 32.6. The van der Waals surface area contributed by atoms with Crippen LogP contribution in [0.3, 0.4) is 0 Å². The summed E-state index contributed by atoms with van der Waals surface area (Å²) in [7, 11) is 0. The molecule has 0 fully saturated rings. The van der Waals surface area contributed by atoms with Crippen LogP contribution in [0.1, 0.15) is 57.2 Å². The van der Waals surface area contributed by atoms with Crippen LogP contribution < -0.4 is 4.90 Å². The number of aromatic nitrogens is 1. The summed E-state index contributed by atoms with van der Waals surface area (Å²) in [5, 5.41) is 5.11. The van der Waals surface area contributed by atoms with E-state index in [1.54, 1.807) is 0 Å². The molecular weight excluding hydrogens is 697 g/mol. The second-order valence-electron chi connectivity index (χ2n) is 15.1. The molecule has 0 atom stereocenters. The lowest BCUT2D eigenvalue weighted by Crippen LogP contribution is -2.14. The molecule has 1 aliphatic carbocycles. The maximum absolute atomic E-state index is 4.48. The van der Waals surface area contributed by atoms with Gasteiger partial charge < -0.3 is 9.47 Å². The lowest BCUT2D eigenvalue weighted by Gasteiger charge is -2.21. The van der Waals surface area contributed by atoms with E-state index in [-0.39, 0.29) is 5.41 Å². The molecule has 0 bridgehead atoms. The van der Waals surface area contributed by atoms with Crippen LogP contribution in [-0.2, 0) is 5.41 Å². The van der Waals surface area contributed by atoms with Crippen molar-refractivity contribution in [2.75, 3.05) is 4.90 Å². The van der Waals surface area contributed by atoms with Gasteiger partial charge in [0.15, 0.2) is 0 Å². The number of anilines is 1. The van der Waals surface area contributed by atoms with Gasteiger partial charge in [-0.1, -0.05) is 126 Å². The van der Waals surface area contributed by atoms with Crippen LogP contribution in [-0.4, -0.2) is 4.57 Å². The number of hydrogen-bond donors (Lipinski definition) is 0. The van der Waals surface area contributed by atoms with Gasteiger partial charge in [0, 0.05) is 49.7 Å². The Morgan fingerprint density at radius 2 is 1.39 bits per heavy atom. The minimum Gasteiger partial charge on any atom is -0.324 e. The highest BCUT2D eigenvalue weighted by Crippen LogP contribution is 2.51. The highest BCUT2D eigenvalue weighted by Gasteiger charge is 2.36. The fourth-order valence-electron chi connectivity index (χ4n) is 8.67. The summed E-state index contributed by atoms with van der Waals surface area (Å²) >= 11 is 1.89. The van der Waals surface area contributed by atoms with E-state index in [2.05, 4.69) is 194 Å². The number of para-hydroxylation sites is 1. The lowest BCUT2D eigenvalue weighted by molar-refractivity contribution is 0.661. The predicted molar refractivity (Wildman–Crippen MR) is 245 cm³/mol. The van der Waals surface area contributed by atoms with Gasteiger partial charge in [0.25, 0.3) is 0 Å². The Morgan fingerprint density at radius 3 is 2.25 bits per heavy atom. The van der Waals surface area contributed by atoms with Gasteiger partial charge in [-0.05, 0) is 118 Å². The van der Waals surface area contributed by atoms with E-state index in [0.29, 0.717) is 0 Å². The maximum atomic E-state index is 4.48. The number of nitrogens with zero attached hydrogens (tertiary/aromatic N) is 2. The highest BCUT2D eigenvalue weighted by molar-refractivity contribution is 7.26. The third-order valence-electron chi connectivity index (χ3n) is 11.6. The van der Waals surface area contributed by atoms with Crippen LogP contribution in [0, 0.1) is 0 Å². The van der Waals surface area contributed by atoms with Crippen molar-refractivity contribution in [3.05, 3.63) is 199 Å².